The molecular formula is C17H12O5S. The Morgan fingerprint density at radius 1 is 0.957 bits per heavy atom. The average molecular weight is 328 g/mol. The number of aliphatic hydroxyl groups excluding tert-OH is 1. The summed E-state index contributed by atoms with van der Waals surface area (Å²) in [6.07, 6.45) is -0.868. The molecule has 0 fully saturated rings. The second kappa shape index (κ2) is 4.70. The van der Waals surface area contributed by atoms with E-state index in [1.165, 1.54) is 6.07 Å². The number of carbonyl (C=O) groups is 1. The number of hydrogen-bond donors (Lipinski definition) is 1. The van der Waals surface area contributed by atoms with Gasteiger partial charge in [0.15, 0.2) is 15.9 Å². The van der Waals surface area contributed by atoms with Gasteiger partial charge in [0.2, 0.25) is 5.76 Å². The van der Waals surface area contributed by atoms with Crippen LogP contribution in [0.4, 0.5) is 0 Å². The van der Waals surface area contributed by atoms with Crippen LogP contribution in [0, 0.1) is 0 Å². The summed E-state index contributed by atoms with van der Waals surface area (Å²) in [5.41, 5.74) is 0.971. The van der Waals surface area contributed by atoms with Crippen LogP contribution in [0.5, 0.6) is 0 Å². The van der Waals surface area contributed by atoms with Gasteiger partial charge in [-0.1, -0.05) is 48.5 Å². The Kier molecular flexibility index (Phi) is 2.86. The van der Waals surface area contributed by atoms with Crippen LogP contribution in [0.3, 0.4) is 0 Å². The lowest BCUT2D eigenvalue weighted by atomic mass is 9.94. The summed E-state index contributed by atoms with van der Waals surface area (Å²) in [4.78, 5) is 11.9. The van der Waals surface area contributed by atoms with E-state index in [2.05, 4.69) is 0 Å². The van der Waals surface area contributed by atoms with Crippen LogP contribution in [-0.2, 0) is 19.4 Å². The molecule has 2 aromatic carbocycles. The van der Waals surface area contributed by atoms with Crippen molar-refractivity contribution in [3.05, 3.63) is 77.1 Å². The van der Waals surface area contributed by atoms with Crippen molar-refractivity contribution in [2.24, 2.45) is 0 Å². The van der Waals surface area contributed by atoms with Crippen molar-refractivity contribution in [1.82, 2.24) is 0 Å². The first kappa shape index (κ1) is 14.0. The third-order valence-electron chi connectivity index (χ3n) is 4.18. The highest BCUT2D eigenvalue weighted by molar-refractivity contribution is 7.92. The summed E-state index contributed by atoms with van der Waals surface area (Å²) in [6.45, 7) is 0. The molecular weight excluding hydrogens is 316 g/mol. The van der Waals surface area contributed by atoms with Crippen molar-refractivity contribution in [3.8, 4) is 0 Å². The first-order valence-corrected chi connectivity index (χ1v) is 8.58. The smallest absolute Gasteiger partial charge is 0.374 e. The highest BCUT2D eigenvalue weighted by Crippen LogP contribution is 2.52. The van der Waals surface area contributed by atoms with Crippen molar-refractivity contribution in [3.63, 3.8) is 0 Å². The fourth-order valence-corrected chi connectivity index (χ4v) is 5.31. The summed E-state index contributed by atoms with van der Waals surface area (Å²) < 4.78 is 31.4. The molecule has 0 unspecified atom stereocenters. The zero-order valence-corrected chi connectivity index (χ0v) is 12.7. The minimum atomic E-state index is -3.80. The number of hydrogen-bond acceptors (Lipinski definition) is 5. The summed E-state index contributed by atoms with van der Waals surface area (Å²) in [5.74, 6) is -1.50. The van der Waals surface area contributed by atoms with Gasteiger partial charge in [-0.15, -0.1) is 0 Å². The molecule has 2 aliphatic heterocycles. The molecule has 5 nitrogen and oxygen atoms in total. The number of sulfone groups is 1. The molecule has 0 radical (unpaired) electrons. The number of carbonyl (C=O) groups excluding carboxylic acids is 1. The average Bonchev–Trinajstić information content (AvgIpc) is 2.84. The predicted molar refractivity (Wildman–Crippen MR) is 81.3 cm³/mol. The van der Waals surface area contributed by atoms with E-state index < -0.39 is 32.9 Å². The van der Waals surface area contributed by atoms with E-state index in [0.29, 0.717) is 11.1 Å². The van der Waals surface area contributed by atoms with E-state index in [0.717, 1.165) is 0 Å². The van der Waals surface area contributed by atoms with Crippen LogP contribution in [0.2, 0.25) is 0 Å². The first-order valence-electron chi connectivity index (χ1n) is 7.03. The molecule has 2 aliphatic rings. The monoisotopic (exact) mass is 328 g/mol. The van der Waals surface area contributed by atoms with Crippen molar-refractivity contribution < 1.29 is 23.1 Å². The molecule has 0 aromatic heterocycles. The molecule has 0 saturated carbocycles. The van der Waals surface area contributed by atoms with Gasteiger partial charge in [-0.25, -0.2) is 13.2 Å². The van der Waals surface area contributed by atoms with Crippen LogP contribution in [0.15, 0.2) is 70.8 Å². The van der Waals surface area contributed by atoms with Gasteiger partial charge in [0.25, 0.3) is 0 Å². The summed E-state index contributed by atoms with van der Waals surface area (Å²) in [6, 6.07) is 14.9. The standard InChI is InChI=1S/C17H12O5S/c18-14-13-15(22-17(14)19)11-8-4-5-9-12(11)23(20,21)16(13)10-6-2-1-3-7-10/h1-9,15-16,18H/t15-,16-/m0/s1. The predicted octanol–water partition coefficient (Wildman–Crippen LogP) is 2.63. The number of esters is 1. The van der Waals surface area contributed by atoms with Crippen LogP contribution in [0.25, 0.3) is 0 Å². The van der Waals surface area contributed by atoms with E-state index >= 15 is 0 Å². The largest absolute Gasteiger partial charge is 0.502 e. The molecule has 0 spiro atoms. The van der Waals surface area contributed by atoms with Crippen molar-refractivity contribution >= 4 is 15.8 Å². The van der Waals surface area contributed by atoms with Gasteiger partial charge in [0.05, 0.1) is 4.90 Å². The fraction of sp³-hybridized carbons (Fsp3) is 0.118. The van der Waals surface area contributed by atoms with Crippen LogP contribution >= 0.6 is 0 Å². The maximum absolute atomic E-state index is 13.1. The third-order valence-corrected chi connectivity index (χ3v) is 6.31. The molecule has 0 saturated heterocycles. The highest BCUT2D eigenvalue weighted by atomic mass is 32.2. The topological polar surface area (TPSA) is 80.7 Å². The Bertz CT molecular complexity index is 944. The van der Waals surface area contributed by atoms with E-state index in [-0.39, 0.29) is 10.5 Å². The summed E-state index contributed by atoms with van der Waals surface area (Å²) >= 11 is 0. The summed E-state index contributed by atoms with van der Waals surface area (Å²) in [7, 11) is -3.80. The maximum Gasteiger partial charge on any atom is 0.374 e. The molecule has 116 valence electrons. The Morgan fingerprint density at radius 2 is 1.61 bits per heavy atom. The second-order valence-electron chi connectivity index (χ2n) is 5.46. The fourth-order valence-electron chi connectivity index (χ4n) is 3.20. The van der Waals surface area contributed by atoms with E-state index in [1.54, 1.807) is 48.5 Å². The minimum absolute atomic E-state index is 0.0971. The molecule has 0 aliphatic carbocycles. The minimum Gasteiger partial charge on any atom is -0.502 e. The quantitative estimate of drug-likeness (QED) is 0.814. The lowest BCUT2D eigenvalue weighted by molar-refractivity contribution is -0.142. The van der Waals surface area contributed by atoms with Gasteiger partial charge < -0.3 is 9.84 Å². The number of benzene rings is 2. The molecule has 1 N–H and O–H groups in total. The summed E-state index contributed by atoms with van der Waals surface area (Å²) in [5, 5.41) is 8.99. The molecule has 2 atom stereocenters. The second-order valence-corrected chi connectivity index (χ2v) is 7.46. The molecule has 4 rings (SSSR count). The third kappa shape index (κ3) is 1.85. The van der Waals surface area contributed by atoms with Crippen molar-refractivity contribution in [1.29, 1.82) is 0 Å². The van der Waals surface area contributed by atoms with Gasteiger partial charge in [-0.05, 0) is 11.6 Å². The van der Waals surface area contributed by atoms with Gasteiger partial charge in [-0.3, -0.25) is 0 Å². The van der Waals surface area contributed by atoms with Gasteiger partial charge in [0, 0.05) is 11.1 Å². The molecule has 0 amide bonds. The van der Waals surface area contributed by atoms with Crippen molar-refractivity contribution in [2.75, 3.05) is 0 Å². The number of rotatable bonds is 1. The molecule has 2 aromatic rings. The SMILES string of the molecule is O=C1O[C@@H]2C(=C1O)[C@H](c1ccccc1)S(=O)(=O)c1ccccc12. The first-order chi connectivity index (χ1) is 11.0. The van der Waals surface area contributed by atoms with Crippen LogP contribution < -0.4 is 0 Å². The van der Waals surface area contributed by atoms with E-state index in [4.69, 9.17) is 4.74 Å². The van der Waals surface area contributed by atoms with Gasteiger partial charge in [0.1, 0.15) is 5.25 Å². The maximum atomic E-state index is 13.1. The Balaban J connectivity index is 2.07. The zero-order chi connectivity index (χ0) is 16.2. The normalized spacial score (nSPS) is 24.8. The molecule has 23 heavy (non-hydrogen) atoms. The lowest BCUT2D eigenvalue weighted by Crippen LogP contribution is -2.26. The molecule has 2 heterocycles. The number of ether oxygens (including phenoxy) is 1. The van der Waals surface area contributed by atoms with Crippen molar-refractivity contribution in [2.45, 2.75) is 16.2 Å². The van der Waals surface area contributed by atoms with Crippen LogP contribution in [0.1, 0.15) is 22.5 Å². The van der Waals surface area contributed by atoms with E-state index in [9.17, 15) is 18.3 Å². The molecule has 6 heteroatoms. The van der Waals surface area contributed by atoms with E-state index in [1.807, 2.05) is 0 Å². The van der Waals surface area contributed by atoms with Gasteiger partial charge >= 0.3 is 5.97 Å². The van der Waals surface area contributed by atoms with Crippen LogP contribution in [-0.4, -0.2) is 19.5 Å². The Labute approximate surface area is 132 Å². The number of aliphatic hydroxyl groups is 1. The van der Waals surface area contributed by atoms with Gasteiger partial charge in [-0.2, -0.15) is 0 Å². The zero-order valence-electron chi connectivity index (χ0n) is 11.8. The Morgan fingerprint density at radius 3 is 2.35 bits per heavy atom. The Hall–Kier alpha value is -2.60. The lowest BCUT2D eigenvalue weighted by Gasteiger charge is -2.30. The molecule has 0 bridgehead atoms. The number of fused-ring (bicyclic) bond motifs is 3. The highest BCUT2D eigenvalue weighted by Gasteiger charge is 2.51.